The van der Waals surface area contributed by atoms with Crippen LogP contribution >= 0.6 is 0 Å². The van der Waals surface area contributed by atoms with Gasteiger partial charge in [0.25, 0.3) is 5.91 Å². The van der Waals surface area contributed by atoms with Crippen molar-refractivity contribution in [2.75, 3.05) is 12.4 Å². The van der Waals surface area contributed by atoms with Crippen molar-refractivity contribution >= 4 is 11.6 Å². The van der Waals surface area contributed by atoms with E-state index in [-0.39, 0.29) is 12.0 Å². The highest BCUT2D eigenvalue weighted by atomic mass is 16.5. The van der Waals surface area contributed by atoms with Crippen molar-refractivity contribution in [1.29, 1.82) is 0 Å². The van der Waals surface area contributed by atoms with Crippen molar-refractivity contribution in [3.8, 4) is 5.75 Å². The maximum absolute atomic E-state index is 12.6. The molecule has 122 valence electrons. The molecule has 4 heteroatoms. The largest absolute Gasteiger partial charge is 0.491 e. The third-order valence-corrected chi connectivity index (χ3v) is 4.49. The van der Waals surface area contributed by atoms with E-state index in [2.05, 4.69) is 12.2 Å². The van der Waals surface area contributed by atoms with Gasteiger partial charge in [-0.05, 0) is 50.5 Å². The van der Waals surface area contributed by atoms with Crippen LogP contribution in [-0.4, -0.2) is 24.7 Å². The van der Waals surface area contributed by atoms with Gasteiger partial charge in [-0.1, -0.05) is 26.2 Å². The van der Waals surface area contributed by atoms with Gasteiger partial charge in [0.1, 0.15) is 11.4 Å². The first-order chi connectivity index (χ1) is 10.6. The van der Waals surface area contributed by atoms with Gasteiger partial charge in [0.05, 0.1) is 6.10 Å². The first kappa shape index (κ1) is 16.8. The van der Waals surface area contributed by atoms with Crippen LogP contribution in [0.25, 0.3) is 0 Å². The second-order valence-corrected chi connectivity index (χ2v) is 6.07. The van der Waals surface area contributed by atoms with Gasteiger partial charge in [-0.15, -0.1) is 0 Å². The van der Waals surface area contributed by atoms with Gasteiger partial charge in [0.2, 0.25) is 0 Å². The van der Waals surface area contributed by atoms with Crippen LogP contribution in [0.5, 0.6) is 5.75 Å². The molecule has 1 aromatic carbocycles. The lowest BCUT2D eigenvalue weighted by molar-refractivity contribution is -0.141. The lowest BCUT2D eigenvalue weighted by Gasteiger charge is -2.34. The molecule has 0 unspecified atom stereocenters. The van der Waals surface area contributed by atoms with E-state index >= 15 is 0 Å². The number of carbonyl (C=O) groups is 1. The number of carbonyl (C=O) groups excluding carboxylic acids is 1. The molecule has 1 atom stereocenters. The Morgan fingerprint density at radius 1 is 1.23 bits per heavy atom. The number of nitrogens with one attached hydrogen (secondary N) is 1. The Morgan fingerprint density at radius 2 is 1.86 bits per heavy atom. The zero-order valence-corrected chi connectivity index (χ0v) is 13.9. The molecule has 0 radical (unpaired) electrons. The molecule has 0 spiro atoms. The highest BCUT2D eigenvalue weighted by Gasteiger charge is 2.39. The van der Waals surface area contributed by atoms with Crippen LogP contribution in [0.1, 0.15) is 52.4 Å². The van der Waals surface area contributed by atoms with E-state index in [0.29, 0.717) is 0 Å². The summed E-state index contributed by atoms with van der Waals surface area (Å²) in [5.74, 6) is 0.789. The monoisotopic (exact) mass is 305 g/mol. The Balaban J connectivity index is 1.99. The first-order valence-electron chi connectivity index (χ1n) is 8.23. The number of anilines is 1. The minimum absolute atomic E-state index is 0.0368. The number of amides is 1. The van der Waals surface area contributed by atoms with Crippen molar-refractivity contribution in [2.24, 2.45) is 0 Å². The average molecular weight is 305 g/mol. The molecule has 0 aliphatic heterocycles. The Kier molecular flexibility index (Phi) is 5.83. The van der Waals surface area contributed by atoms with E-state index in [0.717, 1.165) is 43.5 Å². The molecule has 1 N–H and O–H groups in total. The Bertz CT molecular complexity index is 478. The molecule has 1 amide bonds. The predicted octanol–water partition coefficient (Wildman–Crippen LogP) is 4.15. The van der Waals surface area contributed by atoms with Crippen LogP contribution in [0.2, 0.25) is 0 Å². The van der Waals surface area contributed by atoms with Crippen LogP contribution in [0.3, 0.4) is 0 Å². The number of hydrogen-bond acceptors (Lipinski definition) is 3. The van der Waals surface area contributed by atoms with E-state index in [1.807, 2.05) is 31.2 Å². The summed E-state index contributed by atoms with van der Waals surface area (Å²) < 4.78 is 11.3. The van der Waals surface area contributed by atoms with Crippen LogP contribution in [-0.2, 0) is 9.53 Å². The van der Waals surface area contributed by atoms with Crippen molar-refractivity contribution in [2.45, 2.75) is 64.1 Å². The topological polar surface area (TPSA) is 47.6 Å². The summed E-state index contributed by atoms with van der Waals surface area (Å²) in [4.78, 5) is 12.6. The fraction of sp³-hybridized carbons (Fsp3) is 0.611. The summed E-state index contributed by atoms with van der Waals surface area (Å²) in [6, 6.07) is 7.54. The molecule has 0 heterocycles. The van der Waals surface area contributed by atoms with Gasteiger partial charge < -0.3 is 14.8 Å². The van der Waals surface area contributed by atoms with Crippen molar-refractivity contribution < 1.29 is 14.3 Å². The average Bonchev–Trinajstić information content (AvgIpc) is 2.57. The summed E-state index contributed by atoms with van der Waals surface area (Å²) >= 11 is 0. The summed E-state index contributed by atoms with van der Waals surface area (Å²) in [5.41, 5.74) is 0.118. The molecule has 1 fully saturated rings. The highest BCUT2D eigenvalue weighted by molar-refractivity contribution is 5.97. The summed E-state index contributed by atoms with van der Waals surface area (Å²) in [6.45, 7) is 4.13. The van der Waals surface area contributed by atoms with Crippen molar-refractivity contribution in [3.63, 3.8) is 0 Å². The van der Waals surface area contributed by atoms with Gasteiger partial charge in [-0.3, -0.25) is 4.79 Å². The van der Waals surface area contributed by atoms with E-state index in [1.165, 1.54) is 6.42 Å². The Labute approximate surface area is 133 Å². The van der Waals surface area contributed by atoms with E-state index in [9.17, 15) is 4.79 Å². The van der Waals surface area contributed by atoms with Crippen LogP contribution in [0.4, 0.5) is 5.69 Å². The third-order valence-electron chi connectivity index (χ3n) is 4.49. The molecule has 4 nitrogen and oxygen atoms in total. The number of ether oxygens (including phenoxy) is 2. The van der Waals surface area contributed by atoms with Crippen LogP contribution < -0.4 is 10.1 Å². The minimum Gasteiger partial charge on any atom is -0.491 e. The SMILES string of the molecule is CC[C@H](C)Oc1ccc(NC(=O)C2(OC)CCCCC2)cc1. The lowest BCUT2D eigenvalue weighted by atomic mass is 9.84. The minimum atomic E-state index is -0.663. The van der Waals surface area contributed by atoms with Crippen LogP contribution in [0, 0.1) is 0 Å². The first-order valence-corrected chi connectivity index (χ1v) is 8.23. The molecule has 22 heavy (non-hydrogen) atoms. The molecular formula is C18H27NO3. The van der Waals surface area contributed by atoms with Crippen molar-refractivity contribution in [1.82, 2.24) is 0 Å². The maximum Gasteiger partial charge on any atom is 0.256 e. The summed E-state index contributed by atoms with van der Waals surface area (Å²) in [5, 5.41) is 2.98. The van der Waals surface area contributed by atoms with Crippen LogP contribution in [0.15, 0.2) is 24.3 Å². The smallest absolute Gasteiger partial charge is 0.256 e. The van der Waals surface area contributed by atoms with Gasteiger partial charge in [-0.25, -0.2) is 0 Å². The Hall–Kier alpha value is -1.55. The zero-order chi connectivity index (χ0) is 16.0. The van der Waals surface area contributed by atoms with Gasteiger partial charge in [-0.2, -0.15) is 0 Å². The number of hydrogen-bond donors (Lipinski definition) is 1. The number of benzene rings is 1. The second-order valence-electron chi connectivity index (χ2n) is 6.07. The fourth-order valence-electron chi connectivity index (χ4n) is 2.82. The van der Waals surface area contributed by atoms with E-state index in [1.54, 1.807) is 7.11 Å². The maximum atomic E-state index is 12.6. The van der Waals surface area contributed by atoms with E-state index < -0.39 is 5.60 Å². The summed E-state index contributed by atoms with van der Waals surface area (Å²) in [6.07, 6.45) is 6.02. The second kappa shape index (κ2) is 7.63. The molecular weight excluding hydrogens is 278 g/mol. The van der Waals surface area contributed by atoms with Gasteiger partial charge in [0, 0.05) is 12.8 Å². The molecule has 0 aromatic heterocycles. The van der Waals surface area contributed by atoms with Gasteiger partial charge in [0.15, 0.2) is 0 Å². The Morgan fingerprint density at radius 3 is 2.41 bits per heavy atom. The molecule has 1 saturated carbocycles. The molecule has 0 saturated heterocycles. The zero-order valence-electron chi connectivity index (χ0n) is 13.9. The van der Waals surface area contributed by atoms with Gasteiger partial charge >= 0.3 is 0 Å². The fourth-order valence-corrected chi connectivity index (χ4v) is 2.82. The normalized spacial score (nSPS) is 18.5. The predicted molar refractivity (Wildman–Crippen MR) is 88.3 cm³/mol. The molecule has 0 bridgehead atoms. The number of rotatable bonds is 6. The summed E-state index contributed by atoms with van der Waals surface area (Å²) in [7, 11) is 1.63. The standard InChI is InChI=1S/C18H27NO3/c1-4-14(2)22-16-10-8-15(9-11-16)19-17(20)18(21-3)12-6-5-7-13-18/h8-11,14H,4-7,12-13H2,1-3H3,(H,19,20)/t14-/m0/s1. The highest BCUT2D eigenvalue weighted by Crippen LogP contribution is 2.32. The quantitative estimate of drug-likeness (QED) is 0.858. The molecule has 1 aliphatic rings. The number of methoxy groups -OCH3 is 1. The lowest BCUT2D eigenvalue weighted by Crippen LogP contribution is -2.46. The van der Waals surface area contributed by atoms with Crippen molar-refractivity contribution in [3.05, 3.63) is 24.3 Å². The molecule has 1 aliphatic carbocycles. The third kappa shape index (κ3) is 4.01. The molecule has 1 aromatic rings. The molecule has 2 rings (SSSR count). The van der Waals surface area contributed by atoms with E-state index in [4.69, 9.17) is 9.47 Å².